The number of benzene rings is 1. The van der Waals surface area contributed by atoms with Crippen LogP contribution in [0, 0.1) is 23.2 Å². The quantitative estimate of drug-likeness (QED) is 0.661. The molecule has 0 atom stereocenters. The van der Waals surface area contributed by atoms with Crippen molar-refractivity contribution in [3.05, 3.63) is 32.9 Å². The summed E-state index contributed by atoms with van der Waals surface area (Å²) in [5, 5.41) is 4.23. The number of nitrogens with two attached hydrogens (primary N) is 1. The molecule has 2 aromatic rings. The molecule has 0 unspecified atom stereocenters. The molecular formula is C12H13FIN3O. The minimum Gasteiger partial charge on any atom is -0.451 e. The topological polar surface area (TPSA) is 53.1 Å². The molecule has 0 fully saturated rings. The molecule has 1 heterocycles. The van der Waals surface area contributed by atoms with Crippen LogP contribution < -0.4 is 10.5 Å². The number of anilines is 1. The molecule has 0 saturated heterocycles. The Labute approximate surface area is 118 Å². The summed E-state index contributed by atoms with van der Waals surface area (Å²) in [7, 11) is 1.83. The molecule has 1 aromatic heterocycles. The van der Waals surface area contributed by atoms with Crippen LogP contribution in [0.2, 0.25) is 0 Å². The molecule has 4 nitrogen and oxygen atoms in total. The summed E-state index contributed by atoms with van der Waals surface area (Å²) in [6.07, 6.45) is 0. The van der Waals surface area contributed by atoms with E-state index in [4.69, 9.17) is 10.5 Å². The summed E-state index contributed by atoms with van der Waals surface area (Å²) < 4.78 is 21.4. The van der Waals surface area contributed by atoms with Crippen LogP contribution in [0.1, 0.15) is 11.4 Å². The summed E-state index contributed by atoms with van der Waals surface area (Å²) in [6.45, 7) is 3.72. The van der Waals surface area contributed by atoms with Crippen molar-refractivity contribution in [1.82, 2.24) is 9.78 Å². The van der Waals surface area contributed by atoms with Gasteiger partial charge in [0.2, 0.25) is 0 Å². The molecule has 6 heteroatoms. The molecule has 0 spiro atoms. The lowest BCUT2D eigenvalue weighted by Crippen LogP contribution is -1.97. The Morgan fingerprint density at radius 2 is 2.06 bits per heavy atom. The molecule has 0 amide bonds. The maximum atomic E-state index is 13.5. The number of aryl methyl sites for hydroxylation is 2. The first-order chi connectivity index (χ1) is 8.40. The molecule has 0 bridgehead atoms. The Balaban J connectivity index is 2.43. The first kappa shape index (κ1) is 13.1. The van der Waals surface area contributed by atoms with Crippen LogP contribution in [-0.4, -0.2) is 9.78 Å². The average Bonchev–Trinajstić information content (AvgIpc) is 2.52. The van der Waals surface area contributed by atoms with E-state index >= 15 is 0 Å². The van der Waals surface area contributed by atoms with E-state index < -0.39 is 0 Å². The van der Waals surface area contributed by atoms with E-state index in [1.165, 1.54) is 6.07 Å². The van der Waals surface area contributed by atoms with Crippen LogP contribution in [0.4, 0.5) is 10.1 Å². The van der Waals surface area contributed by atoms with E-state index in [0.29, 0.717) is 20.8 Å². The van der Waals surface area contributed by atoms with E-state index in [1.54, 1.807) is 10.7 Å². The lowest BCUT2D eigenvalue weighted by Gasteiger charge is -2.09. The smallest absolute Gasteiger partial charge is 0.171 e. The molecule has 1 aromatic carbocycles. The Kier molecular flexibility index (Phi) is 3.47. The van der Waals surface area contributed by atoms with Gasteiger partial charge in [0, 0.05) is 13.1 Å². The zero-order chi connectivity index (χ0) is 13.4. The van der Waals surface area contributed by atoms with Crippen LogP contribution in [0.3, 0.4) is 0 Å². The Bertz CT molecular complexity index is 610. The Morgan fingerprint density at radius 3 is 2.61 bits per heavy atom. The first-order valence-corrected chi connectivity index (χ1v) is 6.40. The standard InChI is InChI=1S/C12H13FIN3O/c1-6-12(7(2)17(3)16-6)18-11-4-8(13)9(14)5-10(11)15/h4-5H,15H2,1-3H3. The molecule has 18 heavy (non-hydrogen) atoms. The highest BCUT2D eigenvalue weighted by Gasteiger charge is 2.14. The van der Waals surface area contributed by atoms with Crippen molar-refractivity contribution in [2.24, 2.45) is 7.05 Å². The van der Waals surface area contributed by atoms with Gasteiger partial charge in [-0.2, -0.15) is 5.10 Å². The summed E-state index contributed by atoms with van der Waals surface area (Å²) in [4.78, 5) is 0. The number of ether oxygens (including phenoxy) is 1. The van der Waals surface area contributed by atoms with Gasteiger partial charge in [-0.1, -0.05) is 0 Å². The minimum atomic E-state index is -0.348. The SMILES string of the molecule is Cc1nn(C)c(C)c1Oc1cc(F)c(I)cc1N. The van der Waals surface area contributed by atoms with Gasteiger partial charge in [-0.15, -0.1) is 0 Å². The van der Waals surface area contributed by atoms with E-state index in [-0.39, 0.29) is 5.82 Å². The number of halogens is 2. The molecule has 2 rings (SSSR count). The predicted molar refractivity (Wildman–Crippen MR) is 76.3 cm³/mol. The van der Waals surface area contributed by atoms with Crippen LogP contribution in [0.5, 0.6) is 11.5 Å². The molecule has 0 aliphatic rings. The number of nitrogens with zero attached hydrogens (tertiary/aromatic N) is 2. The molecule has 96 valence electrons. The monoisotopic (exact) mass is 361 g/mol. The van der Waals surface area contributed by atoms with Gasteiger partial charge >= 0.3 is 0 Å². The number of aromatic nitrogens is 2. The van der Waals surface area contributed by atoms with Crippen LogP contribution in [0.15, 0.2) is 12.1 Å². The van der Waals surface area contributed by atoms with Gasteiger partial charge in [-0.05, 0) is 42.5 Å². The molecule has 2 N–H and O–H groups in total. The fraction of sp³-hybridized carbons (Fsp3) is 0.250. The molecule has 0 radical (unpaired) electrons. The largest absolute Gasteiger partial charge is 0.451 e. The zero-order valence-electron chi connectivity index (χ0n) is 10.3. The van der Waals surface area contributed by atoms with Crippen molar-refractivity contribution in [2.45, 2.75) is 13.8 Å². The van der Waals surface area contributed by atoms with E-state index in [0.717, 1.165) is 11.4 Å². The van der Waals surface area contributed by atoms with Crippen molar-refractivity contribution in [3.63, 3.8) is 0 Å². The summed E-state index contributed by atoms with van der Waals surface area (Å²) in [6, 6.07) is 2.84. The maximum Gasteiger partial charge on any atom is 0.171 e. The van der Waals surface area contributed by atoms with Gasteiger partial charge in [0.1, 0.15) is 11.5 Å². The second-order valence-corrected chi connectivity index (χ2v) is 5.19. The number of rotatable bonds is 2. The van der Waals surface area contributed by atoms with Crippen LogP contribution >= 0.6 is 22.6 Å². The van der Waals surface area contributed by atoms with Gasteiger partial charge in [0.05, 0.1) is 15.0 Å². The van der Waals surface area contributed by atoms with Crippen LogP contribution in [0.25, 0.3) is 0 Å². The van der Waals surface area contributed by atoms with Gasteiger partial charge in [-0.3, -0.25) is 4.68 Å². The molecule has 0 saturated carbocycles. The summed E-state index contributed by atoms with van der Waals surface area (Å²) in [5.41, 5.74) is 7.84. The van der Waals surface area contributed by atoms with Crippen LogP contribution in [-0.2, 0) is 7.05 Å². The molecule has 0 aliphatic carbocycles. The molecule has 0 aliphatic heterocycles. The highest BCUT2D eigenvalue weighted by atomic mass is 127. The van der Waals surface area contributed by atoms with Crippen molar-refractivity contribution in [1.29, 1.82) is 0 Å². The van der Waals surface area contributed by atoms with E-state index in [2.05, 4.69) is 5.10 Å². The fourth-order valence-electron chi connectivity index (χ4n) is 1.64. The number of nitrogen functional groups attached to an aromatic ring is 1. The average molecular weight is 361 g/mol. The third-order valence-electron chi connectivity index (χ3n) is 2.71. The van der Waals surface area contributed by atoms with Gasteiger partial charge < -0.3 is 10.5 Å². The maximum absolute atomic E-state index is 13.5. The third kappa shape index (κ3) is 2.29. The Morgan fingerprint density at radius 1 is 1.39 bits per heavy atom. The van der Waals surface area contributed by atoms with Crippen molar-refractivity contribution in [3.8, 4) is 11.5 Å². The minimum absolute atomic E-state index is 0.312. The fourth-order valence-corrected chi connectivity index (χ4v) is 2.14. The van der Waals surface area contributed by atoms with Crippen molar-refractivity contribution >= 4 is 28.3 Å². The number of hydrogen-bond acceptors (Lipinski definition) is 3. The van der Waals surface area contributed by atoms with Gasteiger partial charge in [-0.25, -0.2) is 4.39 Å². The first-order valence-electron chi connectivity index (χ1n) is 5.32. The predicted octanol–water partition coefficient (Wildman–Crippen LogP) is 3.16. The third-order valence-corrected chi connectivity index (χ3v) is 3.53. The number of hydrogen-bond donors (Lipinski definition) is 1. The van der Waals surface area contributed by atoms with E-state index in [9.17, 15) is 4.39 Å². The van der Waals surface area contributed by atoms with Gasteiger partial charge in [0.15, 0.2) is 11.5 Å². The lowest BCUT2D eigenvalue weighted by atomic mass is 10.3. The normalized spacial score (nSPS) is 10.7. The highest BCUT2D eigenvalue weighted by Crippen LogP contribution is 2.33. The van der Waals surface area contributed by atoms with Crippen molar-refractivity contribution in [2.75, 3.05) is 5.73 Å². The second kappa shape index (κ2) is 4.75. The van der Waals surface area contributed by atoms with Gasteiger partial charge in [0.25, 0.3) is 0 Å². The Hall–Kier alpha value is -1.31. The lowest BCUT2D eigenvalue weighted by molar-refractivity contribution is 0.470. The summed E-state index contributed by atoms with van der Waals surface area (Å²) >= 11 is 1.89. The zero-order valence-corrected chi connectivity index (χ0v) is 12.4. The van der Waals surface area contributed by atoms with E-state index in [1.807, 2.05) is 43.5 Å². The van der Waals surface area contributed by atoms with Crippen molar-refractivity contribution < 1.29 is 9.13 Å². The summed E-state index contributed by atoms with van der Waals surface area (Å²) in [5.74, 6) is 0.580. The molecular weight excluding hydrogens is 348 g/mol. The highest BCUT2D eigenvalue weighted by molar-refractivity contribution is 14.1. The second-order valence-electron chi connectivity index (χ2n) is 4.03.